The Morgan fingerprint density at radius 3 is 2.85 bits per heavy atom. The molecule has 0 amide bonds. The fourth-order valence-electron chi connectivity index (χ4n) is 4.01. The lowest BCUT2D eigenvalue weighted by Crippen LogP contribution is -2.43. The average molecular weight is 274 g/mol. The molecule has 2 aliphatic rings. The highest BCUT2D eigenvalue weighted by molar-refractivity contribution is 5.37. The van der Waals surface area contributed by atoms with Crippen molar-refractivity contribution in [3.05, 3.63) is 29.3 Å². The molecule has 0 aliphatic carbocycles. The third kappa shape index (κ3) is 2.23. The van der Waals surface area contributed by atoms with Crippen LogP contribution in [0.15, 0.2) is 18.2 Å². The number of fused-ring (bicyclic) bond motifs is 1. The molecule has 2 atom stereocenters. The minimum atomic E-state index is 0.267. The molecule has 1 N–H and O–H groups in total. The van der Waals surface area contributed by atoms with Gasteiger partial charge in [0.1, 0.15) is 5.75 Å². The number of aryl methyl sites for hydroxylation is 1. The van der Waals surface area contributed by atoms with Crippen molar-refractivity contribution >= 4 is 0 Å². The standard InChI is InChI=1S/C17H26N2O/c1-12-5-6-16(20-4)13(7-12)10-19-11-14-8-18-9-15(14)17(19,2)3/h5-7,14-15,18H,8-11H2,1-4H3. The number of nitrogens with zero attached hydrogens (tertiary/aromatic N) is 1. The Labute approximate surface area is 122 Å². The summed E-state index contributed by atoms with van der Waals surface area (Å²) in [5.74, 6) is 2.60. The first-order valence-corrected chi connectivity index (χ1v) is 7.61. The van der Waals surface area contributed by atoms with Gasteiger partial charge < -0.3 is 10.1 Å². The summed E-state index contributed by atoms with van der Waals surface area (Å²) in [6, 6.07) is 6.48. The van der Waals surface area contributed by atoms with Gasteiger partial charge in [0, 0.05) is 30.7 Å². The van der Waals surface area contributed by atoms with Crippen LogP contribution in [0.4, 0.5) is 0 Å². The van der Waals surface area contributed by atoms with E-state index in [1.54, 1.807) is 7.11 Å². The van der Waals surface area contributed by atoms with Crippen LogP contribution in [0.1, 0.15) is 25.0 Å². The van der Waals surface area contributed by atoms with Gasteiger partial charge in [0.2, 0.25) is 0 Å². The number of rotatable bonds is 3. The Kier molecular flexibility index (Phi) is 3.51. The maximum atomic E-state index is 5.53. The molecule has 0 saturated carbocycles. The maximum absolute atomic E-state index is 5.53. The van der Waals surface area contributed by atoms with Gasteiger partial charge in [-0.15, -0.1) is 0 Å². The molecule has 0 aromatic heterocycles. The first-order chi connectivity index (χ1) is 9.52. The zero-order chi connectivity index (χ0) is 14.3. The highest BCUT2D eigenvalue weighted by Crippen LogP contribution is 2.41. The lowest BCUT2D eigenvalue weighted by Gasteiger charge is -2.36. The van der Waals surface area contributed by atoms with Crippen LogP contribution >= 0.6 is 0 Å². The maximum Gasteiger partial charge on any atom is 0.123 e. The highest BCUT2D eigenvalue weighted by atomic mass is 16.5. The van der Waals surface area contributed by atoms with E-state index in [1.165, 1.54) is 30.8 Å². The molecule has 20 heavy (non-hydrogen) atoms. The second-order valence-corrected chi connectivity index (χ2v) is 6.87. The molecule has 2 fully saturated rings. The molecule has 2 aliphatic heterocycles. The van der Waals surface area contributed by atoms with Gasteiger partial charge in [-0.25, -0.2) is 0 Å². The lowest BCUT2D eigenvalue weighted by atomic mass is 9.85. The van der Waals surface area contributed by atoms with Gasteiger partial charge in [0.25, 0.3) is 0 Å². The quantitative estimate of drug-likeness (QED) is 0.916. The lowest BCUT2D eigenvalue weighted by molar-refractivity contribution is 0.131. The van der Waals surface area contributed by atoms with E-state index in [1.807, 2.05) is 0 Å². The molecule has 3 heteroatoms. The highest BCUT2D eigenvalue weighted by Gasteiger charge is 2.49. The molecular weight excluding hydrogens is 248 g/mol. The van der Waals surface area contributed by atoms with Crippen LogP contribution in [-0.2, 0) is 6.54 Å². The molecular formula is C17H26N2O. The van der Waals surface area contributed by atoms with Crippen LogP contribution in [0, 0.1) is 18.8 Å². The van der Waals surface area contributed by atoms with Gasteiger partial charge >= 0.3 is 0 Å². The van der Waals surface area contributed by atoms with Crippen LogP contribution in [0.25, 0.3) is 0 Å². The molecule has 1 aromatic carbocycles. The van der Waals surface area contributed by atoms with Crippen molar-refractivity contribution in [2.45, 2.75) is 32.9 Å². The molecule has 1 aromatic rings. The Morgan fingerprint density at radius 2 is 2.15 bits per heavy atom. The van der Waals surface area contributed by atoms with Gasteiger partial charge in [-0.3, -0.25) is 4.90 Å². The Bertz CT molecular complexity index is 498. The minimum Gasteiger partial charge on any atom is -0.496 e. The number of benzene rings is 1. The molecule has 110 valence electrons. The zero-order valence-corrected chi connectivity index (χ0v) is 13.1. The van der Waals surface area contributed by atoms with E-state index in [9.17, 15) is 0 Å². The number of hydrogen-bond acceptors (Lipinski definition) is 3. The first kappa shape index (κ1) is 13.9. The predicted octanol–water partition coefficient (Wildman–Crippen LogP) is 2.43. The molecule has 2 saturated heterocycles. The van der Waals surface area contributed by atoms with Crippen molar-refractivity contribution in [2.75, 3.05) is 26.7 Å². The summed E-state index contributed by atoms with van der Waals surface area (Å²) < 4.78 is 5.53. The predicted molar refractivity (Wildman–Crippen MR) is 82.1 cm³/mol. The van der Waals surface area contributed by atoms with Crippen LogP contribution in [0.3, 0.4) is 0 Å². The first-order valence-electron chi connectivity index (χ1n) is 7.61. The number of hydrogen-bond donors (Lipinski definition) is 1. The summed E-state index contributed by atoms with van der Waals surface area (Å²) in [4.78, 5) is 2.64. The summed E-state index contributed by atoms with van der Waals surface area (Å²) in [5.41, 5.74) is 2.89. The van der Waals surface area contributed by atoms with Crippen LogP contribution in [0.2, 0.25) is 0 Å². The second kappa shape index (κ2) is 5.05. The number of nitrogens with one attached hydrogen (secondary N) is 1. The van der Waals surface area contributed by atoms with Gasteiger partial charge in [0.15, 0.2) is 0 Å². The van der Waals surface area contributed by atoms with Crippen LogP contribution in [-0.4, -0.2) is 37.2 Å². The van der Waals surface area contributed by atoms with E-state index in [-0.39, 0.29) is 5.54 Å². The molecule has 0 radical (unpaired) electrons. The van der Waals surface area contributed by atoms with E-state index < -0.39 is 0 Å². The van der Waals surface area contributed by atoms with E-state index in [2.05, 4.69) is 49.2 Å². The van der Waals surface area contributed by atoms with Crippen molar-refractivity contribution in [2.24, 2.45) is 11.8 Å². The number of likely N-dealkylation sites (tertiary alicyclic amines) is 1. The van der Waals surface area contributed by atoms with Crippen molar-refractivity contribution < 1.29 is 4.74 Å². The summed E-state index contributed by atoms with van der Waals surface area (Å²) in [6.07, 6.45) is 0. The van der Waals surface area contributed by atoms with Crippen molar-refractivity contribution in [1.29, 1.82) is 0 Å². The Morgan fingerprint density at radius 1 is 1.35 bits per heavy atom. The largest absolute Gasteiger partial charge is 0.496 e. The van der Waals surface area contributed by atoms with Gasteiger partial charge in [-0.2, -0.15) is 0 Å². The Hall–Kier alpha value is -1.06. The van der Waals surface area contributed by atoms with Crippen LogP contribution < -0.4 is 10.1 Å². The fourth-order valence-corrected chi connectivity index (χ4v) is 4.01. The average Bonchev–Trinajstić information content (AvgIpc) is 2.94. The monoisotopic (exact) mass is 274 g/mol. The molecule has 0 spiro atoms. The molecule has 3 rings (SSSR count). The number of methoxy groups -OCH3 is 1. The summed E-state index contributed by atoms with van der Waals surface area (Å²) >= 11 is 0. The topological polar surface area (TPSA) is 24.5 Å². The second-order valence-electron chi connectivity index (χ2n) is 6.87. The minimum absolute atomic E-state index is 0.267. The van der Waals surface area contributed by atoms with Crippen LogP contribution in [0.5, 0.6) is 5.75 Å². The van der Waals surface area contributed by atoms with Crippen molar-refractivity contribution in [3.8, 4) is 5.75 Å². The third-order valence-corrected chi connectivity index (χ3v) is 5.31. The van der Waals surface area contributed by atoms with E-state index in [0.29, 0.717) is 0 Å². The van der Waals surface area contributed by atoms with Crippen molar-refractivity contribution in [1.82, 2.24) is 10.2 Å². The van der Waals surface area contributed by atoms with Crippen molar-refractivity contribution in [3.63, 3.8) is 0 Å². The SMILES string of the molecule is COc1ccc(C)cc1CN1CC2CNCC2C1(C)C. The van der Waals surface area contributed by atoms with Gasteiger partial charge in [0.05, 0.1) is 7.11 Å². The van der Waals surface area contributed by atoms with Gasteiger partial charge in [-0.1, -0.05) is 17.7 Å². The molecule has 2 unspecified atom stereocenters. The normalized spacial score (nSPS) is 28.6. The molecule has 0 bridgehead atoms. The van der Waals surface area contributed by atoms with E-state index in [0.717, 1.165) is 24.1 Å². The van der Waals surface area contributed by atoms with Gasteiger partial charge in [-0.05, 0) is 45.2 Å². The summed E-state index contributed by atoms with van der Waals surface area (Å²) in [6.45, 7) is 11.5. The fraction of sp³-hybridized carbons (Fsp3) is 0.647. The van der Waals surface area contributed by atoms with E-state index >= 15 is 0 Å². The third-order valence-electron chi connectivity index (χ3n) is 5.31. The van der Waals surface area contributed by atoms with E-state index in [4.69, 9.17) is 4.74 Å². The zero-order valence-electron chi connectivity index (χ0n) is 13.1. The summed E-state index contributed by atoms with van der Waals surface area (Å²) in [7, 11) is 1.77. The smallest absolute Gasteiger partial charge is 0.123 e. The Balaban J connectivity index is 1.83. The summed E-state index contributed by atoms with van der Waals surface area (Å²) in [5, 5.41) is 3.54. The molecule has 2 heterocycles. The molecule has 3 nitrogen and oxygen atoms in total. The number of ether oxygens (including phenoxy) is 1.